The third-order valence-corrected chi connectivity index (χ3v) is 5.59. The van der Waals surface area contributed by atoms with Crippen molar-refractivity contribution in [1.29, 1.82) is 0 Å². The van der Waals surface area contributed by atoms with Gasteiger partial charge in [-0.05, 0) is 36.3 Å². The van der Waals surface area contributed by atoms with Crippen molar-refractivity contribution in [1.82, 2.24) is 10.2 Å². The van der Waals surface area contributed by atoms with Crippen LogP contribution in [0, 0.1) is 0 Å². The Kier molecular flexibility index (Phi) is 5.54. The number of rotatable bonds is 4. The summed E-state index contributed by atoms with van der Waals surface area (Å²) in [5, 5.41) is 2.99. The van der Waals surface area contributed by atoms with E-state index in [2.05, 4.69) is 5.32 Å². The molecule has 132 valence electrons. The summed E-state index contributed by atoms with van der Waals surface area (Å²) in [6.45, 7) is 1.95. The van der Waals surface area contributed by atoms with E-state index in [1.54, 1.807) is 25.3 Å². The van der Waals surface area contributed by atoms with Crippen molar-refractivity contribution in [2.24, 2.45) is 0 Å². The summed E-state index contributed by atoms with van der Waals surface area (Å²) >= 11 is 6.40. The smallest absolute Gasteiger partial charge is 0.265 e. The van der Waals surface area contributed by atoms with Crippen molar-refractivity contribution in [3.05, 3.63) is 76.2 Å². The maximum atomic E-state index is 12.4. The number of hydrogen-bond donors (Lipinski definition) is 1. The number of carbonyl (C=O) groups is 2. The van der Waals surface area contributed by atoms with E-state index in [0.29, 0.717) is 14.8 Å². The lowest BCUT2D eigenvalue weighted by Gasteiger charge is -2.14. The molecule has 2 amide bonds. The average Bonchev–Trinajstić information content (AvgIpc) is 2.89. The van der Waals surface area contributed by atoms with Crippen LogP contribution < -0.4 is 5.32 Å². The van der Waals surface area contributed by atoms with Gasteiger partial charge >= 0.3 is 0 Å². The van der Waals surface area contributed by atoms with Crippen LogP contribution in [0.3, 0.4) is 0 Å². The normalized spacial score (nSPS) is 16.8. The summed E-state index contributed by atoms with van der Waals surface area (Å²) in [7, 11) is 1.67. The second-order valence-electron chi connectivity index (χ2n) is 5.97. The molecule has 0 aliphatic carbocycles. The number of thiocarbonyl (C=S) groups is 1. The second kappa shape index (κ2) is 7.85. The van der Waals surface area contributed by atoms with E-state index in [1.165, 1.54) is 16.7 Å². The Morgan fingerprint density at radius 1 is 1.15 bits per heavy atom. The molecule has 2 aromatic rings. The summed E-state index contributed by atoms with van der Waals surface area (Å²) in [5.74, 6) is -0.230. The van der Waals surface area contributed by atoms with Crippen LogP contribution in [0.4, 0.5) is 0 Å². The number of likely N-dealkylation sites (N-methyl/N-ethyl adjacent to an activating group) is 1. The first kappa shape index (κ1) is 18.4. The Morgan fingerprint density at radius 2 is 1.81 bits per heavy atom. The summed E-state index contributed by atoms with van der Waals surface area (Å²) in [4.78, 5) is 26.5. The summed E-state index contributed by atoms with van der Waals surface area (Å²) in [6.07, 6.45) is 1.79. The van der Waals surface area contributed by atoms with E-state index >= 15 is 0 Å². The molecule has 1 fully saturated rings. The SMILES string of the molecule is CC(NC(=O)c1ccc(/C=C2\SC(=S)N(C)C2=O)cc1)c1ccccc1. The number of amides is 2. The van der Waals surface area contributed by atoms with Crippen LogP contribution in [0.5, 0.6) is 0 Å². The van der Waals surface area contributed by atoms with Gasteiger partial charge in [0.15, 0.2) is 0 Å². The minimum Gasteiger partial charge on any atom is -0.346 e. The van der Waals surface area contributed by atoms with Gasteiger partial charge < -0.3 is 5.32 Å². The van der Waals surface area contributed by atoms with Crippen LogP contribution >= 0.6 is 24.0 Å². The van der Waals surface area contributed by atoms with E-state index < -0.39 is 0 Å². The molecule has 1 atom stereocenters. The van der Waals surface area contributed by atoms with Crippen molar-refractivity contribution < 1.29 is 9.59 Å². The highest BCUT2D eigenvalue weighted by Gasteiger charge is 2.28. The fourth-order valence-electron chi connectivity index (χ4n) is 2.53. The lowest BCUT2D eigenvalue weighted by Crippen LogP contribution is -2.26. The average molecular weight is 383 g/mol. The molecule has 1 unspecified atom stereocenters. The maximum absolute atomic E-state index is 12.4. The van der Waals surface area contributed by atoms with Crippen LogP contribution in [0.25, 0.3) is 6.08 Å². The Labute approximate surface area is 162 Å². The minimum atomic E-state index is -0.132. The molecule has 26 heavy (non-hydrogen) atoms. The standard InChI is InChI=1S/C20H18N2O2S2/c1-13(15-6-4-3-5-7-15)21-18(23)16-10-8-14(9-11-16)12-17-19(24)22(2)20(25)26-17/h3-13H,1-2H3,(H,21,23)/b17-12-. The van der Waals surface area contributed by atoms with E-state index in [9.17, 15) is 9.59 Å². The molecule has 1 N–H and O–H groups in total. The van der Waals surface area contributed by atoms with E-state index in [-0.39, 0.29) is 17.9 Å². The monoisotopic (exact) mass is 382 g/mol. The zero-order chi connectivity index (χ0) is 18.7. The van der Waals surface area contributed by atoms with Crippen molar-refractivity contribution in [3.8, 4) is 0 Å². The molecular formula is C20H18N2O2S2. The number of nitrogens with one attached hydrogen (secondary N) is 1. The van der Waals surface area contributed by atoms with Gasteiger partial charge in [-0.15, -0.1) is 0 Å². The number of benzene rings is 2. The van der Waals surface area contributed by atoms with Crippen LogP contribution in [-0.4, -0.2) is 28.1 Å². The summed E-state index contributed by atoms with van der Waals surface area (Å²) in [5.41, 5.74) is 2.48. The molecule has 4 nitrogen and oxygen atoms in total. The Balaban J connectivity index is 1.69. The summed E-state index contributed by atoms with van der Waals surface area (Å²) < 4.78 is 0.548. The van der Waals surface area contributed by atoms with Crippen LogP contribution in [0.2, 0.25) is 0 Å². The van der Waals surface area contributed by atoms with Crippen LogP contribution in [0.1, 0.15) is 34.5 Å². The molecule has 0 spiro atoms. The van der Waals surface area contributed by atoms with Gasteiger partial charge in [-0.1, -0.05) is 66.4 Å². The van der Waals surface area contributed by atoms with E-state index in [1.807, 2.05) is 49.4 Å². The Bertz CT molecular complexity index is 876. The van der Waals surface area contributed by atoms with Crippen molar-refractivity contribution in [2.45, 2.75) is 13.0 Å². The molecule has 0 radical (unpaired) electrons. The molecule has 1 heterocycles. The first-order valence-electron chi connectivity index (χ1n) is 8.13. The summed E-state index contributed by atoms with van der Waals surface area (Å²) in [6, 6.07) is 16.9. The van der Waals surface area contributed by atoms with Crippen molar-refractivity contribution in [3.63, 3.8) is 0 Å². The molecule has 0 bridgehead atoms. The molecule has 0 aromatic heterocycles. The largest absolute Gasteiger partial charge is 0.346 e. The Hall–Kier alpha value is -2.44. The molecule has 3 rings (SSSR count). The first-order chi connectivity index (χ1) is 12.5. The number of nitrogens with zero attached hydrogens (tertiary/aromatic N) is 1. The Morgan fingerprint density at radius 3 is 2.38 bits per heavy atom. The molecule has 0 saturated carbocycles. The van der Waals surface area contributed by atoms with Crippen LogP contribution in [-0.2, 0) is 4.79 Å². The lowest BCUT2D eigenvalue weighted by molar-refractivity contribution is -0.121. The zero-order valence-corrected chi connectivity index (χ0v) is 16.1. The number of hydrogen-bond acceptors (Lipinski definition) is 4. The molecular weight excluding hydrogens is 364 g/mol. The third kappa shape index (κ3) is 4.03. The number of carbonyl (C=O) groups excluding carboxylic acids is 2. The highest BCUT2D eigenvalue weighted by molar-refractivity contribution is 8.26. The van der Waals surface area contributed by atoms with Gasteiger partial charge in [0, 0.05) is 12.6 Å². The number of thioether (sulfide) groups is 1. The maximum Gasteiger partial charge on any atom is 0.265 e. The molecule has 1 aliphatic heterocycles. The van der Waals surface area contributed by atoms with Gasteiger partial charge in [0.1, 0.15) is 4.32 Å². The van der Waals surface area contributed by atoms with Crippen molar-refractivity contribution in [2.75, 3.05) is 7.05 Å². The lowest BCUT2D eigenvalue weighted by atomic mass is 10.1. The second-order valence-corrected chi connectivity index (χ2v) is 7.64. The quantitative estimate of drug-likeness (QED) is 0.641. The van der Waals surface area contributed by atoms with Gasteiger partial charge in [0.05, 0.1) is 10.9 Å². The highest BCUT2D eigenvalue weighted by Crippen LogP contribution is 2.31. The topological polar surface area (TPSA) is 49.4 Å². The highest BCUT2D eigenvalue weighted by atomic mass is 32.2. The fraction of sp³-hybridized carbons (Fsp3) is 0.150. The van der Waals surface area contributed by atoms with Gasteiger partial charge in [-0.25, -0.2) is 0 Å². The van der Waals surface area contributed by atoms with Gasteiger partial charge in [0.2, 0.25) is 0 Å². The molecule has 2 aromatic carbocycles. The van der Waals surface area contributed by atoms with E-state index in [0.717, 1.165) is 11.1 Å². The predicted molar refractivity (Wildman–Crippen MR) is 110 cm³/mol. The van der Waals surface area contributed by atoms with Crippen LogP contribution in [0.15, 0.2) is 59.5 Å². The molecule has 1 aliphatic rings. The third-order valence-electron chi connectivity index (χ3n) is 4.10. The molecule has 6 heteroatoms. The predicted octanol–water partition coefficient (Wildman–Crippen LogP) is 4.01. The minimum absolute atomic E-state index is 0.0745. The first-order valence-corrected chi connectivity index (χ1v) is 9.35. The van der Waals surface area contributed by atoms with Gasteiger partial charge in [-0.3, -0.25) is 14.5 Å². The van der Waals surface area contributed by atoms with Gasteiger partial charge in [-0.2, -0.15) is 0 Å². The van der Waals surface area contributed by atoms with Crippen molar-refractivity contribution >= 4 is 46.2 Å². The van der Waals surface area contributed by atoms with Gasteiger partial charge in [0.25, 0.3) is 11.8 Å². The zero-order valence-electron chi connectivity index (χ0n) is 14.4. The van der Waals surface area contributed by atoms with E-state index in [4.69, 9.17) is 12.2 Å². The molecule has 1 saturated heterocycles. The fourth-order valence-corrected chi connectivity index (χ4v) is 3.71.